The quantitative estimate of drug-likeness (QED) is 0.157. The van der Waals surface area contributed by atoms with E-state index in [1.54, 1.807) is 12.1 Å². The Bertz CT molecular complexity index is 2450. The summed E-state index contributed by atoms with van der Waals surface area (Å²) in [4.78, 5) is 4.05. The first kappa shape index (κ1) is 36.9. The van der Waals surface area contributed by atoms with Crippen LogP contribution in [0.25, 0.3) is 22.3 Å². The van der Waals surface area contributed by atoms with Crippen LogP contribution < -0.4 is 19.3 Å². The van der Waals surface area contributed by atoms with Gasteiger partial charge in [-0.2, -0.15) is 26.3 Å². The molecule has 9 rings (SSSR count). The van der Waals surface area contributed by atoms with Gasteiger partial charge in [-0.15, -0.1) is 0 Å². The number of ether oxygens (including phenoxy) is 2. The maximum Gasteiger partial charge on any atom is 0.416 e. The minimum Gasteiger partial charge on any atom is -0.453 e. The van der Waals surface area contributed by atoms with Crippen molar-refractivity contribution in [1.29, 1.82) is 0 Å². The van der Waals surface area contributed by atoms with E-state index < -0.39 is 23.5 Å². The Labute approximate surface area is 331 Å². The van der Waals surface area contributed by atoms with E-state index in [0.717, 1.165) is 24.3 Å². The van der Waals surface area contributed by atoms with Gasteiger partial charge in [0.05, 0.1) is 45.3 Å². The van der Waals surface area contributed by atoms with E-state index in [4.69, 9.17) is 9.47 Å². The van der Waals surface area contributed by atoms with Crippen molar-refractivity contribution in [2.45, 2.75) is 39.0 Å². The van der Waals surface area contributed by atoms with Crippen LogP contribution in [0.15, 0.2) is 146 Å². The molecule has 0 saturated heterocycles. The Morgan fingerprint density at radius 2 is 0.741 bits per heavy atom. The molecule has 0 radical (unpaired) electrons. The first-order valence-electron chi connectivity index (χ1n) is 18.9. The summed E-state index contributed by atoms with van der Waals surface area (Å²) in [7, 11) is 0. The topological polar surface area (TPSA) is 24.9 Å². The minimum atomic E-state index is -4.67. The lowest BCUT2D eigenvalue weighted by atomic mass is 9.82. The van der Waals surface area contributed by atoms with Gasteiger partial charge < -0.3 is 19.3 Å². The lowest BCUT2D eigenvalue weighted by molar-refractivity contribution is -0.138. The highest BCUT2D eigenvalue weighted by atomic mass is 19.4. The molecule has 0 spiro atoms. The number of hydrogen-bond donors (Lipinski definition) is 0. The molecular weight excluding hydrogens is 751 g/mol. The zero-order valence-electron chi connectivity index (χ0n) is 31.2. The largest absolute Gasteiger partial charge is 0.453 e. The summed E-state index contributed by atoms with van der Waals surface area (Å²) >= 11 is 0. The summed E-state index contributed by atoms with van der Waals surface area (Å²) in [6.45, 7) is 3.83. The minimum absolute atomic E-state index is 0.239. The fraction of sp³-hybridized carbons (Fsp3) is 0.125. The fourth-order valence-electron chi connectivity index (χ4n) is 8.22. The van der Waals surface area contributed by atoms with E-state index in [9.17, 15) is 26.3 Å². The first-order chi connectivity index (χ1) is 28.0. The first-order valence-corrected chi connectivity index (χ1v) is 18.9. The zero-order valence-corrected chi connectivity index (χ0v) is 31.2. The van der Waals surface area contributed by atoms with Gasteiger partial charge in [-0.25, -0.2) is 0 Å². The average Bonchev–Trinajstić information content (AvgIpc) is 3.23. The number of benzene rings is 7. The molecule has 0 bridgehead atoms. The number of para-hydroxylation sites is 8. The third-order valence-electron chi connectivity index (χ3n) is 10.6. The van der Waals surface area contributed by atoms with E-state index in [2.05, 4.69) is 0 Å². The van der Waals surface area contributed by atoms with Crippen LogP contribution in [-0.2, 0) is 25.2 Å². The second-order valence-corrected chi connectivity index (χ2v) is 14.0. The molecule has 0 aliphatic carbocycles. The Hall–Kier alpha value is -6.68. The van der Waals surface area contributed by atoms with Gasteiger partial charge in [0, 0.05) is 16.7 Å². The van der Waals surface area contributed by atoms with E-state index in [1.165, 1.54) is 12.1 Å². The van der Waals surface area contributed by atoms with Crippen molar-refractivity contribution in [3.8, 4) is 45.3 Å². The lowest BCUT2D eigenvalue weighted by Gasteiger charge is -2.41. The van der Waals surface area contributed by atoms with Crippen LogP contribution in [0.1, 0.15) is 36.1 Å². The Morgan fingerprint density at radius 3 is 1.05 bits per heavy atom. The van der Waals surface area contributed by atoms with Crippen molar-refractivity contribution in [2.75, 3.05) is 9.80 Å². The molecule has 0 saturated carbocycles. The molecule has 2 aliphatic heterocycles. The number of alkyl halides is 6. The smallest absolute Gasteiger partial charge is 0.416 e. The molecule has 7 aromatic rings. The molecule has 290 valence electrons. The summed E-state index contributed by atoms with van der Waals surface area (Å²) in [6, 6.07) is 40.1. The van der Waals surface area contributed by atoms with Crippen LogP contribution in [0.2, 0.25) is 0 Å². The molecule has 0 amide bonds. The van der Waals surface area contributed by atoms with E-state index >= 15 is 0 Å². The molecule has 2 aliphatic rings. The van der Waals surface area contributed by atoms with Crippen molar-refractivity contribution < 1.29 is 35.8 Å². The summed E-state index contributed by atoms with van der Waals surface area (Å²) in [5.41, 5.74) is 4.73. The van der Waals surface area contributed by atoms with Gasteiger partial charge in [0.15, 0.2) is 23.0 Å². The van der Waals surface area contributed by atoms with E-state index in [1.807, 2.05) is 121 Å². The van der Waals surface area contributed by atoms with Gasteiger partial charge in [-0.05, 0) is 102 Å². The SMILES string of the molecule is CCc1c(-c2cccc(C(F)(F)F)c2)c(N2c3ccccc3Oc3ccccc32)c(CC)c(N2c3ccccc3Oc3ccccc32)c1-c1cccc(C(F)(F)F)c1. The molecule has 0 N–H and O–H groups in total. The standard InChI is InChI=1S/C48H34F6N2O2/c1-3-33-43(29-15-13-17-31(27-29)47(49,50)51)45(55-35-19-5-9-23-39(35)57-40-24-10-6-20-36(40)55)34(4-2)46(44(33)30-16-14-18-32(28-30)48(52,53)54)56-37-21-7-11-25-41(37)58-42-26-12-8-22-38(42)56/h5-28H,3-4H2,1-2H3. The summed E-state index contributed by atoms with van der Waals surface area (Å²) in [6.07, 6.45) is -8.78. The van der Waals surface area contributed by atoms with Gasteiger partial charge in [-0.3, -0.25) is 0 Å². The highest BCUT2D eigenvalue weighted by molar-refractivity contribution is 6.06. The monoisotopic (exact) mass is 784 g/mol. The fourth-order valence-corrected chi connectivity index (χ4v) is 8.22. The molecule has 7 aromatic carbocycles. The predicted octanol–water partition coefficient (Wildman–Crippen LogP) is 15.3. The van der Waals surface area contributed by atoms with Gasteiger partial charge >= 0.3 is 12.4 Å². The van der Waals surface area contributed by atoms with Crippen LogP contribution in [0.4, 0.5) is 60.5 Å². The molecule has 0 atom stereocenters. The zero-order chi connectivity index (χ0) is 40.3. The molecule has 4 nitrogen and oxygen atoms in total. The van der Waals surface area contributed by atoms with Gasteiger partial charge in [-0.1, -0.05) is 86.6 Å². The number of hydrogen-bond acceptors (Lipinski definition) is 4. The molecule has 0 fully saturated rings. The molecule has 10 heteroatoms. The number of halogens is 6. The Morgan fingerprint density at radius 1 is 0.414 bits per heavy atom. The molecular formula is C48H34F6N2O2. The van der Waals surface area contributed by atoms with Crippen molar-refractivity contribution in [1.82, 2.24) is 0 Å². The molecule has 0 unspecified atom stereocenters. The highest BCUT2D eigenvalue weighted by Gasteiger charge is 2.39. The van der Waals surface area contributed by atoms with Crippen molar-refractivity contribution in [2.24, 2.45) is 0 Å². The predicted molar refractivity (Wildman–Crippen MR) is 216 cm³/mol. The highest BCUT2D eigenvalue weighted by Crippen LogP contribution is 2.61. The number of fused-ring (bicyclic) bond motifs is 4. The molecule has 0 aromatic heterocycles. The Kier molecular flexibility index (Phi) is 8.95. The van der Waals surface area contributed by atoms with Crippen molar-refractivity contribution in [3.05, 3.63) is 168 Å². The van der Waals surface area contributed by atoms with Crippen LogP contribution in [0.5, 0.6) is 23.0 Å². The van der Waals surface area contributed by atoms with Crippen molar-refractivity contribution >= 4 is 34.1 Å². The molecule has 58 heavy (non-hydrogen) atoms. The third kappa shape index (κ3) is 6.11. The lowest BCUT2D eigenvalue weighted by Crippen LogP contribution is -2.23. The summed E-state index contributed by atoms with van der Waals surface area (Å²) in [5, 5.41) is 0. The second-order valence-electron chi connectivity index (χ2n) is 14.0. The average molecular weight is 785 g/mol. The maximum atomic E-state index is 14.6. The van der Waals surface area contributed by atoms with Gasteiger partial charge in [0.2, 0.25) is 0 Å². The van der Waals surface area contributed by atoms with Gasteiger partial charge in [0.1, 0.15) is 0 Å². The van der Waals surface area contributed by atoms with Crippen LogP contribution in [0, 0.1) is 0 Å². The third-order valence-corrected chi connectivity index (χ3v) is 10.6. The summed E-state index contributed by atoms with van der Waals surface area (Å²) in [5.74, 6) is 2.12. The van der Waals surface area contributed by atoms with Crippen LogP contribution in [-0.4, -0.2) is 0 Å². The molecule has 2 heterocycles. The van der Waals surface area contributed by atoms with Gasteiger partial charge in [0.25, 0.3) is 0 Å². The number of rotatable bonds is 6. The number of anilines is 6. The van der Waals surface area contributed by atoms with Crippen LogP contribution >= 0.6 is 0 Å². The van der Waals surface area contributed by atoms with Crippen LogP contribution in [0.3, 0.4) is 0 Å². The number of nitrogens with zero attached hydrogens (tertiary/aromatic N) is 2. The normalized spacial score (nSPS) is 13.2. The summed E-state index contributed by atoms with van der Waals surface area (Å²) < 4.78 is 100. The Balaban J connectivity index is 1.53. The van der Waals surface area contributed by atoms with Crippen molar-refractivity contribution in [3.63, 3.8) is 0 Å². The van der Waals surface area contributed by atoms with E-state index in [0.29, 0.717) is 85.8 Å². The maximum absolute atomic E-state index is 14.6. The van der Waals surface area contributed by atoms with E-state index in [-0.39, 0.29) is 17.5 Å². The second kappa shape index (κ2) is 14.1.